The van der Waals surface area contributed by atoms with Crippen molar-refractivity contribution >= 4 is 21.6 Å². The molecule has 0 aliphatic carbocycles. The summed E-state index contributed by atoms with van der Waals surface area (Å²) in [6.45, 7) is 2.29. The molecule has 160 valence electrons. The first-order valence-electron chi connectivity index (χ1n) is 10.1. The minimum absolute atomic E-state index is 0.0964. The van der Waals surface area contributed by atoms with Gasteiger partial charge >= 0.3 is 0 Å². The lowest BCUT2D eigenvalue weighted by Crippen LogP contribution is -2.30. The van der Waals surface area contributed by atoms with Crippen molar-refractivity contribution in [3.05, 3.63) is 76.8 Å². The van der Waals surface area contributed by atoms with E-state index in [0.717, 1.165) is 22.6 Å². The van der Waals surface area contributed by atoms with Crippen LogP contribution in [0.1, 0.15) is 12.5 Å². The Morgan fingerprint density at radius 3 is 2.68 bits per heavy atom. The first-order valence-corrected chi connectivity index (χ1v) is 10.9. The van der Waals surface area contributed by atoms with Gasteiger partial charge in [-0.05, 0) is 60.0 Å². The van der Waals surface area contributed by atoms with Crippen LogP contribution in [0.2, 0.25) is 0 Å². The number of aliphatic hydroxyl groups is 1. The van der Waals surface area contributed by atoms with Gasteiger partial charge in [0.2, 0.25) is 0 Å². The maximum absolute atomic E-state index is 12.9. The zero-order valence-electron chi connectivity index (χ0n) is 17.4. The first-order chi connectivity index (χ1) is 15.1. The SMILES string of the molecule is CCc1cccc(OC[C@H](O)Cn2cnc3cc(-c4ccc(OC)cc4)sc3c2=O)c1. The Bertz CT molecular complexity index is 1230. The van der Waals surface area contributed by atoms with Gasteiger partial charge in [0.15, 0.2) is 0 Å². The number of hydrogen-bond donors (Lipinski definition) is 1. The predicted molar refractivity (Wildman–Crippen MR) is 123 cm³/mol. The zero-order valence-corrected chi connectivity index (χ0v) is 18.3. The Morgan fingerprint density at radius 2 is 1.94 bits per heavy atom. The molecule has 0 saturated heterocycles. The van der Waals surface area contributed by atoms with E-state index in [0.29, 0.717) is 16.0 Å². The number of ether oxygens (including phenoxy) is 2. The first kappa shape index (κ1) is 21.1. The summed E-state index contributed by atoms with van der Waals surface area (Å²) in [5.41, 5.74) is 2.65. The van der Waals surface area contributed by atoms with E-state index >= 15 is 0 Å². The maximum atomic E-state index is 12.9. The molecule has 2 aromatic heterocycles. The van der Waals surface area contributed by atoms with Crippen LogP contribution >= 0.6 is 11.3 Å². The monoisotopic (exact) mass is 436 g/mol. The van der Waals surface area contributed by atoms with Gasteiger partial charge in [-0.15, -0.1) is 11.3 Å². The third-order valence-electron chi connectivity index (χ3n) is 5.03. The largest absolute Gasteiger partial charge is 0.497 e. The average molecular weight is 437 g/mol. The van der Waals surface area contributed by atoms with Crippen LogP contribution < -0.4 is 15.0 Å². The van der Waals surface area contributed by atoms with Crippen molar-refractivity contribution in [2.45, 2.75) is 26.0 Å². The third-order valence-corrected chi connectivity index (χ3v) is 6.20. The molecule has 0 fully saturated rings. The van der Waals surface area contributed by atoms with Crippen molar-refractivity contribution in [3.8, 4) is 21.9 Å². The van der Waals surface area contributed by atoms with Crippen molar-refractivity contribution in [1.82, 2.24) is 9.55 Å². The summed E-state index contributed by atoms with van der Waals surface area (Å²) >= 11 is 1.40. The second-order valence-electron chi connectivity index (χ2n) is 7.22. The van der Waals surface area contributed by atoms with Crippen molar-refractivity contribution in [3.63, 3.8) is 0 Å². The van der Waals surface area contributed by atoms with Crippen LogP contribution in [0.5, 0.6) is 11.5 Å². The predicted octanol–water partition coefficient (Wildman–Crippen LogP) is 4.14. The van der Waals surface area contributed by atoms with Crippen LogP contribution in [0, 0.1) is 0 Å². The third kappa shape index (κ3) is 4.78. The molecule has 0 unspecified atom stereocenters. The molecule has 7 heteroatoms. The van der Waals surface area contributed by atoms with Gasteiger partial charge in [0.1, 0.15) is 28.9 Å². The molecule has 31 heavy (non-hydrogen) atoms. The van der Waals surface area contributed by atoms with Gasteiger partial charge in [0, 0.05) is 4.88 Å². The topological polar surface area (TPSA) is 73.6 Å². The van der Waals surface area contributed by atoms with E-state index in [1.165, 1.54) is 27.8 Å². The number of aliphatic hydroxyl groups excluding tert-OH is 1. The molecule has 0 aliphatic heterocycles. The molecule has 0 amide bonds. The number of aromatic nitrogens is 2. The minimum atomic E-state index is -0.830. The fourth-order valence-electron chi connectivity index (χ4n) is 3.30. The van der Waals surface area contributed by atoms with Crippen LogP contribution in [0.4, 0.5) is 0 Å². The molecular formula is C24H24N2O4S. The highest BCUT2D eigenvalue weighted by atomic mass is 32.1. The Morgan fingerprint density at radius 1 is 1.13 bits per heavy atom. The van der Waals surface area contributed by atoms with E-state index in [1.807, 2.05) is 54.6 Å². The highest BCUT2D eigenvalue weighted by Gasteiger charge is 2.14. The number of fused-ring (bicyclic) bond motifs is 1. The standard InChI is InChI=1S/C24H24N2O4S/c1-3-16-5-4-6-20(11-16)30-14-18(27)13-26-15-25-21-12-22(31-23(21)24(26)28)17-7-9-19(29-2)10-8-17/h4-12,15,18,27H,3,13-14H2,1-2H3/t18-/m1/s1. The second kappa shape index (κ2) is 9.32. The summed E-state index contributed by atoms with van der Waals surface area (Å²) in [5.74, 6) is 1.49. The Balaban J connectivity index is 1.48. The van der Waals surface area contributed by atoms with E-state index < -0.39 is 6.10 Å². The lowest BCUT2D eigenvalue weighted by atomic mass is 10.2. The number of rotatable bonds is 8. The second-order valence-corrected chi connectivity index (χ2v) is 8.27. The summed E-state index contributed by atoms with van der Waals surface area (Å²) in [5, 5.41) is 10.4. The summed E-state index contributed by atoms with van der Waals surface area (Å²) < 4.78 is 12.9. The lowest BCUT2D eigenvalue weighted by Gasteiger charge is -2.14. The molecule has 0 bridgehead atoms. The van der Waals surface area contributed by atoms with E-state index in [9.17, 15) is 9.90 Å². The van der Waals surface area contributed by atoms with Crippen molar-refractivity contribution in [1.29, 1.82) is 0 Å². The number of thiophene rings is 1. The normalized spacial score (nSPS) is 12.1. The van der Waals surface area contributed by atoms with Gasteiger partial charge in [0.25, 0.3) is 5.56 Å². The van der Waals surface area contributed by atoms with Gasteiger partial charge in [-0.2, -0.15) is 0 Å². The summed E-state index contributed by atoms with van der Waals surface area (Å²) in [4.78, 5) is 18.3. The fourth-order valence-corrected chi connectivity index (χ4v) is 4.37. The van der Waals surface area contributed by atoms with E-state index in [4.69, 9.17) is 9.47 Å². The molecule has 0 saturated carbocycles. The molecule has 0 aliphatic rings. The van der Waals surface area contributed by atoms with Gasteiger partial charge in [-0.3, -0.25) is 9.36 Å². The Labute approximate surface area is 184 Å². The van der Waals surface area contributed by atoms with Crippen LogP contribution in [0.15, 0.2) is 65.7 Å². The Kier molecular flexibility index (Phi) is 6.34. The Hall–Kier alpha value is -3.16. The lowest BCUT2D eigenvalue weighted by molar-refractivity contribution is 0.0914. The highest BCUT2D eigenvalue weighted by molar-refractivity contribution is 7.22. The summed E-state index contributed by atoms with van der Waals surface area (Å²) in [7, 11) is 1.63. The van der Waals surface area contributed by atoms with E-state index in [2.05, 4.69) is 11.9 Å². The van der Waals surface area contributed by atoms with E-state index in [1.54, 1.807) is 7.11 Å². The van der Waals surface area contributed by atoms with Crippen LogP contribution in [0.3, 0.4) is 0 Å². The maximum Gasteiger partial charge on any atom is 0.271 e. The summed E-state index contributed by atoms with van der Waals surface area (Å²) in [6.07, 6.45) is 1.57. The van der Waals surface area contributed by atoms with Crippen molar-refractivity contribution in [2.24, 2.45) is 0 Å². The number of benzene rings is 2. The minimum Gasteiger partial charge on any atom is -0.497 e. The molecule has 0 radical (unpaired) electrons. The average Bonchev–Trinajstić information content (AvgIpc) is 3.25. The van der Waals surface area contributed by atoms with Gasteiger partial charge < -0.3 is 14.6 Å². The van der Waals surface area contributed by atoms with Crippen LogP contribution in [-0.2, 0) is 13.0 Å². The molecule has 4 aromatic rings. The van der Waals surface area contributed by atoms with E-state index in [-0.39, 0.29) is 18.7 Å². The zero-order chi connectivity index (χ0) is 21.8. The summed E-state index contributed by atoms with van der Waals surface area (Å²) in [6, 6.07) is 17.4. The van der Waals surface area contributed by atoms with Crippen molar-refractivity contribution in [2.75, 3.05) is 13.7 Å². The number of methoxy groups -OCH3 is 1. The molecule has 2 aromatic carbocycles. The quantitative estimate of drug-likeness (QED) is 0.449. The van der Waals surface area contributed by atoms with Gasteiger partial charge in [0.05, 0.1) is 25.5 Å². The van der Waals surface area contributed by atoms with Crippen LogP contribution in [-0.4, -0.2) is 34.5 Å². The van der Waals surface area contributed by atoms with Crippen molar-refractivity contribution < 1.29 is 14.6 Å². The molecule has 0 spiro atoms. The van der Waals surface area contributed by atoms with Gasteiger partial charge in [-0.25, -0.2) is 4.98 Å². The smallest absolute Gasteiger partial charge is 0.271 e. The molecule has 4 rings (SSSR count). The molecule has 1 N–H and O–H groups in total. The molecule has 2 heterocycles. The van der Waals surface area contributed by atoms with Gasteiger partial charge in [-0.1, -0.05) is 19.1 Å². The molecule has 6 nitrogen and oxygen atoms in total. The highest BCUT2D eigenvalue weighted by Crippen LogP contribution is 2.31. The van der Waals surface area contributed by atoms with Crippen LogP contribution in [0.25, 0.3) is 20.7 Å². The number of aryl methyl sites for hydroxylation is 1. The number of hydrogen-bond acceptors (Lipinski definition) is 6. The number of nitrogens with zero attached hydrogens (tertiary/aromatic N) is 2. The fraction of sp³-hybridized carbons (Fsp3) is 0.250. The molecular weight excluding hydrogens is 412 g/mol. The molecule has 1 atom stereocenters.